The van der Waals surface area contributed by atoms with Crippen LogP contribution in [0.1, 0.15) is 30.9 Å². The van der Waals surface area contributed by atoms with E-state index in [0.29, 0.717) is 13.2 Å². The van der Waals surface area contributed by atoms with Gasteiger partial charge in [0.2, 0.25) is 0 Å². The third-order valence-corrected chi connectivity index (χ3v) is 6.17. The second-order valence-corrected chi connectivity index (χ2v) is 7.97. The van der Waals surface area contributed by atoms with Crippen LogP contribution in [-0.4, -0.2) is 48.2 Å². The number of benzene rings is 2. The van der Waals surface area contributed by atoms with Gasteiger partial charge >= 0.3 is 12.0 Å². The Morgan fingerprint density at radius 2 is 1.63 bits per heavy atom. The Hall–Kier alpha value is -3.12. The molecule has 30 heavy (non-hydrogen) atoms. The molecule has 1 N–H and O–H groups in total. The fourth-order valence-corrected chi connectivity index (χ4v) is 4.84. The molecule has 2 saturated heterocycles. The van der Waals surface area contributed by atoms with Gasteiger partial charge in [-0.25, -0.2) is 9.59 Å². The van der Waals surface area contributed by atoms with Crippen LogP contribution in [0.15, 0.2) is 48.5 Å². The van der Waals surface area contributed by atoms with E-state index in [1.807, 2.05) is 60.7 Å². The molecule has 5 rings (SSSR count). The number of nitrogens with one attached hydrogen (secondary N) is 1. The van der Waals surface area contributed by atoms with Crippen molar-refractivity contribution in [2.24, 2.45) is 0 Å². The maximum Gasteiger partial charge on any atom is 0.330 e. The van der Waals surface area contributed by atoms with Crippen molar-refractivity contribution in [3.05, 3.63) is 59.7 Å². The average molecular weight is 403 g/mol. The molecule has 3 heterocycles. The number of fused-ring (bicyclic) bond motifs is 4. The molecule has 2 aromatic rings. The van der Waals surface area contributed by atoms with Gasteiger partial charge in [-0.1, -0.05) is 48.6 Å². The monoisotopic (exact) mass is 403 g/mol. The first-order valence-corrected chi connectivity index (χ1v) is 10.6. The number of likely N-dealkylation sites (tertiary alicyclic amines) is 1. The van der Waals surface area contributed by atoms with Crippen LogP contribution < -0.4 is 10.2 Å². The number of piperazine rings is 1. The van der Waals surface area contributed by atoms with E-state index in [-0.39, 0.29) is 24.1 Å². The highest BCUT2D eigenvalue weighted by molar-refractivity contribution is 6.06. The van der Waals surface area contributed by atoms with E-state index in [2.05, 4.69) is 5.32 Å². The van der Waals surface area contributed by atoms with Gasteiger partial charge in [0.25, 0.3) is 0 Å². The zero-order chi connectivity index (χ0) is 20.7. The SMILES string of the molecule is CCOC(=O)[C@@H]1[C@@H]2CC[C@H](CN1C(=O)N1c3ccccc3C=Cc3ccccc31)N2. The van der Waals surface area contributed by atoms with Crippen molar-refractivity contribution < 1.29 is 14.3 Å². The quantitative estimate of drug-likeness (QED) is 0.775. The van der Waals surface area contributed by atoms with E-state index < -0.39 is 6.04 Å². The topological polar surface area (TPSA) is 61.9 Å². The van der Waals surface area contributed by atoms with Crippen LogP contribution in [0.25, 0.3) is 12.2 Å². The summed E-state index contributed by atoms with van der Waals surface area (Å²) in [6.45, 7) is 2.59. The summed E-state index contributed by atoms with van der Waals surface area (Å²) in [7, 11) is 0. The third kappa shape index (κ3) is 3.08. The van der Waals surface area contributed by atoms with Crippen LogP contribution in [0.2, 0.25) is 0 Å². The second kappa shape index (κ2) is 7.61. The smallest absolute Gasteiger partial charge is 0.330 e. The van der Waals surface area contributed by atoms with Crippen molar-refractivity contribution in [1.82, 2.24) is 10.2 Å². The summed E-state index contributed by atoms with van der Waals surface area (Å²) in [5, 5.41) is 3.49. The summed E-state index contributed by atoms with van der Waals surface area (Å²) in [6.07, 6.45) is 5.89. The lowest BCUT2D eigenvalue weighted by molar-refractivity contribution is -0.150. The number of rotatable bonds is 2. The standard InChI is InChI=1S/C24H25N3O3/c1-2-30-23(28)22-19-14-13-18(25-19)15-26(22)24(29)27-20-9-5-3-7-16(20)11-12-17-8-4-6-10-21(17)27/h3-12,18-19,22,25H,2,13-15H2,1H3/t18-,19+,22+/m1/s1. The van der Waals surface area contributed by atoms with Gasteiger partial charge in [0.1, 0.15) is 6.04 Å². The molecule has 0 aromatic heterocycles. The molecule has 6 nitrogen and oxygen atoms in total. The van der Waals surface area contributed by atoms with Crippen LogP contribution in [0.3, 0.4) is 0 Å². The van der Waals surface area contributed by atoms with Gasteiger partial charge in [-0.3, -0.25) is 4.90 Å². The number of anilines is 2. The Labute approximate surface area is 176 Å². The predicted octanol–water partition coefficient (Wildman–Crippen LogP) is 3.80. The van der Waals surface area contributed by atoms with Crippen molar-refractivity contribution in [2.45, 2.75) is 37.9 Å². The number of amides is 2. The fraction of sp³-hybridized carbons (Fsp3) is 0.333. The summed E-state index contributed by atoms with van der Waals surface area (Å²) < 4.78 is 5.36. The van der Waals surface area contributed by atoms with Gasteiger partial charge in [0.05, 0.1) is 18.0 Å². The Balaban J connectivity index is 1.60. The number of esters is 1. The molecule has 0 unspecified atom stereocenters. The fourth-order valence-electron chi connectivity index (χ4n) is 4.84. The minimum atomic E-state index is -0.619. The molecule has 3 aliphatic rings. The first-order valence-electron chi connectivity index (χ1n) is 10.6. The highest BCUT2D eigenvalue weighted by Crippen LogP contribution is 2.38. The van der Waals surface area contributed by atoms with Crippen LogP contribution >= 0.6 is 0 Å². The molecule has 154 valence electrons. The first-order chi connectivity index (χ1) is 14.7. The lowest BCUT2D eigenvalue weighted by Crippen LogP contribution is -2.64. The number of nitrogens with zero attached hydrogens (tertiary/aromatic N) is 2. The highest BCUT2D eigenvalue weighted by atomic mass is 16.5. The number of hydrogen-bond donors (Lipinski definition) is 1. The molecular formula is C24H25N3O3. The molecule has 3 atom stereocenters. The molecule has 2 amide bonds. The minimum absolute atomic E-state index is 0.0673. The summed E-state index contributed by atoms with van der Waals surface area (Å²) in [5.74, 6) is -0.335. The molecule has 6 heteroatoms. The largest absolute Gasteiger partial charge is 0.464 e. The van der Waals surface area contributed by atoms with E-state index >= 15 is 0 Å². The van der Waals surface area contributed by atoms with Gasteiger partial charge in [0, 0.05) is 18.6 Å². The van der Waals surface area contributed by atoms with Crippen molar-refractivity contribution in [1.29, 1.82) is 0 Å². The van der Waals surface area contributed by atoms with Crippen LogP contribution in [-0.2, 0) is 9.53 Å². The lowest BCUT2D eigenvalue weighted by atomic mass is 10.0. The molecule has 0 saturated carbocycles. The van der Waals surface area contributed by atoms with Crippen molar-refractivity contribution in [2.75, 3.05) is 18.1 Å². The van der Waals surface area contributed by atoms with Gasteiger partial charge in [-0.15, -0.1) is 0 Å². The van der Waals surface area contributed by atoms with Gasteiger partial charge in [-0.05, 0) is 43.0 Å². The number of para-hydroxylation sites is 2. The maximum atomic E-state index is 14.1. The molecule has 2 bridgehead atoms. The third-order valence-electron chi connectivity index (χ3n) is 6.17. The van der Waals surface area contributed by atoms with Crippen LogP contribution in [0.5, 0.6) is 0 Å². The predicted molar refractivity (Wildman–Crippen MR) is 116 cm³/mol. The van der Waals surface area contributed by atoms with Gasteiger partial charge < -0.3 is 15.0 Å². The van der Waals surface area contributed by atoms with E-state index in [1.165, 1.54) is 0 Å². The number of ether oxygens (including phenoxy) is 1. The van der Waals surface area contributed by atoms with Gasteiger partial charge in [-0.2, -0.15) is 0 Å². The zero-order valence-corrected chi connectivity index (χ0v) is 17.0. The Bertz CT molecular complexity index is 969. The van der Waals surface area contributed by atoms with E-state index in [9.17, 15) is 9.59 Å². The molecule has 0 spiro atoms. The summed E-state index contributed by atoms with van der Waals surface area (Å²) >= 11 is 0. The average Bonchev–Trinajstić information content (AvgIpc) is 3.05. The molecule has 0 aliphatic carbocycles. The van der Waals surface area contributed by atoms with Crippen LogP contribution in [0, 0.1) is 0 Å². The molecule has 0 radical (unpaired) electrons. The van der Waals surface area contributed by atoms with Crippen molar-refractivity contribution in [3.8, 4) is 0 Å². The molecule has 2 fully saturated rings. The minimum Gasteiger partial charge on any atom is -0.464 e. The molecule has 2 aromatic carbocycles. The normalized spacial score (nSPS) is 24.1. The van der Waals surface area contributed by atoms with Gasteiger partial charge in [0.15, 0.2) is 0 Å². The van der Waals surface area contributed by atoms with Crippen molar-refractivity contribution in [3.63, 3.8) is 0 Å². The van der Waals surface area contributed by atoms with E-state index in [1.54, 1.807) is 16.7 Å². The molecular weight excluding hydrogens is 378 g/mol. The Kier molecular flexibility index (Phi) is 4.79. The highest BCUT2D eigenvalue weighted by Gasteiger charge is 2.48. The zero-order valence-electron chi connectivity index (χ0n) is 17.0. The molecule has 3 aliphatic heterocycles. The number of carbonyl (C=O) groups excluding carboxylic acids is 2. The van der Waals surface area contributed by atoms with Crippen molar-refractivity contribution >= 4 is 35.5 Å². The summed E-state index contributed by atoms with van der Waals surface area (Å²) in [4.78, 5) is 30.4. The number of carbonyl (C=O) groups is 2. The Morgan fingerprint density at radius 1 is 1.00 bits per heavy atom. The van der Waals surface area contributed by atoms with E-state index in [4.69, 9.17) is 4.74 Å². The Morgan fingerprint density at radius 3 is 2.27 bits per heavy atom. The van der Waals surface area contributed by atoms with E-state index in [0.717, 1.165) is 35.3 Å². The number of hydrogen-bond acceptors (Lipinski definition) is 4. The maximum absolute atomic E-state index is 14.1. The number of urea groups is 1. The first kappa shape index (κ1) is 18.9. The lowest BCUT2D eigenvalue weighted by Gasteiger charge is -2.41. The van der Waals surface area contributed by atoms with Crippen LogP contribution in [0.4, 0.5) is 16.2 Å². The summed E-state index contributed by atoms with van der Waals surface area (Å²) in [6, 6.07) is 15.1. The second-order valence-electron chi connectivity index (χ2n) is 7.97. The summed E-state index contributed by atoms with van der Waals surface area (Å²) in [5.41, 5.74) is 3.56.